The maximum absolute atomic E-state index is 12.2. The molecule has 0 aliphatic rings. The average molecular weight is 342 g/mol. The molecule has 1 amide bonds. The number of ketones is 1. The van der Waals surface area contributed by atoms with Gasteiger partial charge in [-0.05, 0) is 56.7 Å². The number of hydrogen-bond donors (Lipinski definition) is 1. The molecule has 2 rings (SSSR count). The van der Waals surface area contributed by atoms with Crippen molar-refractivity contribution in [1.29, 1.82) is 0 Å². The van der Waals surface area contributed by atoms with Crippen molar-refractivity contribution < 1.29 is 19.2 Å². The van der Waals surface area contributed by atoms with Crippen molar-refractivity contribution in [2.45, 2.75) is 26.9 Å². The number of hydrogen-bond acceptors (Lipinski definition) is 5. The zero-order valence-electron chi connectivity index (χ0n) is 14.1. The van der Waals surface area contributed by atoms with Crippen LogP contribution in [0.3, 0.4) is 0 Å². The number of anilines is 1. The Morgan fingerprint density at radius 3 is 2.36 bits per heavy atom. The molecule has 7 nitrogen and oxygen atoms in total. The van der Waals surface area contributed by atoms with Gasteiger partial charge in [0.05, 0.1) is 4.92 Å². The normalized spacial score (nSPS) is 11.5. The second kappa shape index (κ2) is 7.57. The molecule has 25 heavy (non-hydrogen) atoms. The van der Waals surface area contributed by atoms with Gasteiger partial charge >= 0.3 is 5.69 Å². The summed E-state index contributed by atoms with van der Waals surface area (Å²) >= 11 is 0. The highest BCUT2D eigenvalue weighted by atomic mass is 16.6. The third-order valence-electron chi connectivity index (χ3n) is 3.54. The van der Waals surface area contributed by atoms with Crippen molar-refractivity contribution in [3.8, 4) is 5.75 Å². The zero-order valence-corrected chi connectivity index (χ0v) is 14.1. The number of ether oxygens (including phenoxy) is 1. The minimum absolute atomic E-state index is 0.0326. The first-order chi connectivity index (χ1) is 11.8. The van der Waals surface area contributed by atoms with E-state index < -0.39 is 16.9 Å². The van der Waals surface area contributed by atoms with E-state index in [9.17, 15) is 19.7 Å². The molecule has 1 N–H and O–H groups in total. The lowest BCUT2D eigenvalue weighted by molar-refractivity contribution is -0.386. The molecule has 0 spiro atoms. The van der Waals surface area contributed by atoms with Gasteiger partial charge in [0.15, 0.2) is 17.6 Å². The molecule has 130 valence electrons. The van der Waals surface area contributed by atoms with E-state index >= 15 is 0 Å². The fourth-order valence-corrected chi connectivity index (χ4v) is 2.15. The number of nitro benzene ring substituents is 1. The van der Waals surface area contributed by atoms with Crippen molar-refractivity contribution in [2.75, 3.05) is 5.32 Å². The van der Waals surface area contributed by atoms with Crippen LogP contribution in [0.25, 0.3) is 0 Å². The van der Waals surface area contributed by atoms with E-state index in [4.69, 9.17) is 4.74 Å². The molecule has 2 aromatic carbocycles. The summed E-state index contributed by atoms with van der Waals surface area (Å²) in [6.45, 7) is 4.69. The lowest BCUT2D eigenvalue weighted by atomic mass is 10.1. The van der Waals surface area contributed by atoms with Gasteiger partial charge < -0.3 is 10.1 Å². The minimum Gasteiger partial charge on any atom is -0.474 e. The number of benzene rings is 2. The first kappa shape index (κ1) is 18.1. The summed E-state index contributed by atoms with van der Waals surface area (Å²) in [6.07, 6.45) is -0.936. The molecule has 0 aliphatic heterocycles. The van der Waals surface area contributed by atoms with E-state index in [1.807, 2.05) is 0 Å². The smallest absolute Gasteiger partial charge is 0.311 e. The zero-order chi connectivity index (χ0) is 18.6. The summed E-state index contributed by atoms with van der Waals surface area (Å²) in [6, 6.07) is 11.0. The number of carbonyl (C=O) groups excluding carboxylic acids is 2. The van der Waals surface area contributed by atoms with Gasteiger partial charge in [-0.2, -0.15) is 0 Å². The molecule has 0 radical (unpaired) electrons. The van der Waals surface area contributed by atoms with E-state index in [0.29, 0.717) is 11.3 Å². The van der Waals surface area contributed by atoms with Crippen LogP contribution in [-0.4, -0.2) is 22.7 Å². The summed E-state index contributed by atoms with van der Waals surface area (Å²) in [5.41, 5.74) is 1.58. The Hall–Kier alpha value is -3.22. The number of amides is 1. The topological polar surface area (TPSA) is 98.5 Å². The minimum atomic E-state index is -0.936. The van der Waals surface area contributed by atoms with Crippen LogP contribution in [0.5, 0.6) is 5.75 Å². The van der Waals surface area contributed by atoms with Gasteiger partial charge in [-0.25, -0.2) is 0 Å². The van der Waals surface area contributed by atoms with Crippen molar-refractivity contribution >= 4 is 23.1 Å². The first-order valence-electron chi connectivity index (χ1n) is 7.61. The summed E-state index contributed by atoms with van der Waals surface area (Å²) in [5, 5.41) is 13.7. The maximum atomic E-state index is 12.2. The Labute approximate surface area is 144 Å². The largest absolute Gasteiger partial charge is 0.474 e. The molecule has 0 aliphatic carbocycles. The molecular weight excluding hydrogens is 324 g/mol. The molecule has 2 aromatic rings. The molecule has 0 saturated carbocycles. The Kier molecular flexibility index (Phi) is 5.49. The fraction of sp³-hybridized carbons (Fsp3) is 0.222. The standard InChI is InChI=1S/C18H18N2O5/c1-11-4-9-17(16(10-11)20(23)24)25-13(3)18(22)19-15-7-5-14(6-8-15)12(2)21/h4-10,13H,1-3H3,(H,19,22)/t13-/m1/s1. The predicted molar refractivity (Wildman–Crippen MR) is 93.0 cm³/mol. The number of nitrogens with zero attached hydrogens (tertiary/aromatic N) is 1. The van der Waals surface area contributed by atoms with Gasteiger partial charge in [0, 0.05) is 17.3 Å². The lowest BCUT2D eigenvalue weighted by Gasteiger charge is -2.15. The van der Waals surface area contributed by atoms with Crippen LogP contribution in [-0.2, 0) is 4.79 Å². The highest BCUT2D eigenvalue weighted by molar-refractivity contribution is 5.96. The molecule has 7 heteroatoms. The van der Waals surface area contributed by atoms with Crippen LogP contribution < -0.4 is 10.1 Å². The van der Waals surface area contributed by atoms with Crippen LogP contribution in [0.15, 0.2) is 42.5 Å². The quantitative estimate of drug-likeness (QED) is 0.492. The molecule has 0 unspecified atom stereocenters. The molecule has 1 atom stereocenters. The number of Topliss-reactive ketones (excluding diaryl/α,β-unsaturated/α-hetero) is 1. The molecular formula is C18H18N2O5. The first-order valence-corrected chi connectivity index (χ1v) is 7.61. The molecule has 0 fully saturated rings. The Bertz CT molecular complexity index is 815. The van der Waals surface area contributed by atoms with Crippen molar-refractivity contribution in [1.82, 2.24) is 0 Å². The van der Waals surface area contributed by atoms with Gasteiger partial charge in [0.25, 0.3) is 5.91 Å². The lowest BCUT2D eigenvalue weighted by Crippen LogP contribution is -2.30. The predicted octanol–water partition coefficient (Wildman–Crippen LogP) is 3.51. The third-order valence-corrected chi connectivity index (χ3v) is 3.54. The average Bonchev–Trinajstić information content (AvgIpc) is 2.56. The summed E-state index contributed by atoms with van der Waals surface area (Å²) < 4.78 is 5.45. The van der Waals surface area contributed by atoms with Crippen LogP contribution in [0.4, 0.5) is 11.4 Å². The Balaban J connectivity index is 2.08. The summed E-state index contributed by atoms with van der Waals surface area (Å²) in [4.78, 5) is 34.0. The summed E-state index contributed by atoms with van der Waals surface area (Å²) in [7, 11) is 0. The van der Waals surface area contributed by atoms with E-state index in [-0.39, 0.29) is 17.2 Å². The number of rotatable bonds is 6. The van der Waals surface area contributed by atoms with Gasteiger partial charge in [-0.15, -0.1) is 0 Å². The van der Waals surface area contributed by atoms with Gasteiger partial charge in [-0.3, -0.25) is 19.7 Å². The molecule has 0 bridgehead atoms. The van der Waals surface area contributed by atoms with E-state index in [1.54, 1.807) is 37.3 Å². The Morgan fingerprint density at radius 2 is 1.80 bits per heavy atom. The van der Waals surface area contributed by atoms with E-state index in [0.717, 1.165) is 5.56 Å². The van der Waals surface area contributed by atoms with Crippen LogP contribution in [0, 0.1) is 17.0 Å². The molecule has 0 aromatic heterocycles. The van der Waals surface area contributed by atoms with Gasteiger partial charge in [0.1, 0.15) is 0 Å². The van der Waals surface area contributed by atoms with Gasteiger partial charge in [-0.1, -0.05) is 6.07 Å². The fourth-order valence-electron chi connectivity index (χ4n) is 2.15. The highest BCUT2D eigenvalue weighted by Crippen LogP contribution is 2.28. The number of nitrogens with one attached hydrogen (secondary N) is 1. The maximum Gasteiger partial charge on any atom is 0.311 e. The molecule has 0 saturated heterocycles. The van der Waals surface area contributed by atoms with E-state index in [2.05, 4.69) is 5.32 Å². The van der Waals surface area contributed by atoms with Crippen LogP contribution >= 0.6 is 0 Å². The highest BCUT2D eigenvalue weighted by Gasteiger charge is 2.21. The van der Waals surface area contributed by atoms with Crippen LogP contribution in [0.2, 0.25) is 0 Å². The van der Waals surface area contributed by atoms with Crippen molar-refractivity contribution in [3.05, 3.63) is 63.7 Å². The SMILES string of the molecule is CC(=O)c1ccc(NC(=O)[C@@H](C)Oc2ccc(C)cc2[N+](=O)[O-])cc1. The van der Waals surface area contributed by atoms with Gasteiger partial charge in [0.2, 0.25) is 0 Å². The number of carbonyl (C=O) groups is 2. The van der Waals surface area contributed by atoms with Crippen molar-refractivity contribution in [3.63, 3.8) is 0 Å². The number of nitro groups is 1. The van der Waals surface area contributed by atoms with Crippen molar-refractivity contribution in [2.24, 2.45) is 0 Å². The Morgan fingerprint density at radius 1 is 1.16 bits per heavy atom. The summed E-state index contributed by atoms with van der Waals surface area (Å²) in [5.74, 6) is -0.489. The second-order valence-corrected chi connectivity index (χ2v) is 5.61. The molecule has 0 heterocycles. The number of aryl methyl sites for hydroxylation is 1. The van der Waals surface area contributed by atoms with Crippen LogP contribution in [0.1, 0.15) is 29.8 Å². The monoisotopic (exact) mass is 342 g/mol. The van der Waals surface area contributed by atoms with E-state index in [1.165, 1.54) is 26.0 Å². The second-order valence-electron chi connectivity index (χ2n) is 5.61. The third kappa shape index (κ3) is 4.63.